The van der Waals surface area contributed by atoms with Gasteiger partial charge in [0.25, 0.3) is 5.91 Å². The number of hydrogen-bond donors (Lipinski definition) is 1. The van der Waals surface area contributed by atoms with Crippen LogP contribution in [0.3, 0.4) is 0 Å². The van der Waals surface area contributed by atoms with E-state index in [-0.39, 0.29) is 42.2 Å². The van der Waals surface area contributed by atoms with Crippen LogP contribution in [0.25, 0.3) is 0 Å². The van der Waals surface area contributed by atoms with Gasteiger partial charge in [-0.3, -0.25) is 14.5 Å². The SMILES string of the molecule is COc1ccc(C(=O)N(CC(C)(C)C)C2CCCN(CC(F)(F)F)C2)c(N2CCC(COc3cc(C(CCC(=O)O)C4CC4)ccn3)CC2)c1. The minimum Gasteiger partial charge on any atom is -0.497 e. The predicted molar refractivity (Wildman–Crippen MR) is 186 cm³/mol. The Labute approximate surface area is 294 Å². The molecule has 1 aliphatic carbocycles. The summed E-state index contributed by atoms with van der Waals surface area (Å²) in [5, 5.41) is 9.21. The molecule has 2 aromatic rings. The van der Waals surface area contributed by atoms with Gasteiger partial charge in [-0.1, -0.05) is 20.8 Å². The molecule has 3 heterocycles. The Morgan fingerprint density at radius 2 is 1.78 bits per heavy atom. The molecule has 3 fully saturated rings. The van der Waals surface area contributed by atoms with E-state index in [4.69, 9.17) is 9.47 Å². The van der Waals surface area contributed by atoms with Gasteiger partial charge in [0.15, 0.2) is 0 Å². The van der Waals surface area contributed by atoms with Crippen molar-refractivity contribution >= 4 is 17.6 Å². The van der Waals surface area contributed by atoms with Crippen LogP contribution >= 0.6 is 0 Å². The number of anilines is 1. The van der Waals surface area contributed by atoms with E-state index in [9.17, 15) is 27.9 Å². The number of rotatable bonds is 14. The first kappa shape index (κ1) is 37.7. The molecule has 3 aliphatic rings. The van der Waals surface area contributed by atoms with Gasteiger partial charge >= 0.3 is 12.1 Å². The Balaban J connectivity index is 1.26. The van der Waals surface area contributed by atoms with Gasteiger partial charge in [0, 0.05) is 57.0 Å². The van der Waals surface area contributed by atoms with Crippen LogP contribution in [0, 0.1) is 17.3 Å². The lowest BCUT2D eigenvalue weighted by Gasteiger charge is -2.42. The van der Waals surface area contributed by atoms with Crippen LogP contribution in [0.15, 0.2) is 36.5 Å². The summed E-state index contributed by atoms with van der Waals surface area (Å²) in [6, 6.07) is 9.08. The summed E-state index contributed by atoms with van der Waals surface area (Å²) in [4.78, 5) is 35.6. The molecule has 0 spiro atoms. The number of ether oxygens (including phenoxy) is 2. The lowest BCUT2D eigenvalue weighted by Crippen LogP contribution is -2.54. The number of nitrogens with zero attached hydrogens (tertiary/aromatic N) is 4. The summed E-state index contributed by atoms with van der Waals surface area (Å²) in [5.41, 5.74) is 2.15. The molecule has 1 amide bonds. The molecule has 12 heteroatoms. The fourth-order valence-corrected chi connectivity index (χ4v) is 7.53. The van der Waals surface area contributed by atoms with Gasteiger partial charge < -0.3 is 24.4 Å². The monoisotopic (exact) mass is 702 g/mol. The summed E-state index contributed by atoms with van der Waals surface area (Å²) in [6.45, 7) is 8.07. The van der Waals surface area contributed by atoms with Gasteiger partial charge in [-0.25, -0.2) is 4.98 Å². The molecule has 2 saturated heterocycles. The van der Waals surface area contributed by atoms with E-state index >= 15 is 0 Å². The Kier molecular flexibility index (Phi) is 12.2. The number of alkyl halides is 3. The number of piperidine rings is 2. The number of pyridine rings is 1. The van der Waals surface area contributed by atoms with E-state index in [1.165, 1.54) is 4.90 Å². The summed E-state index contributed by atoms with van der Waals surface area (Å²) >= 11 is 0. The maximum atomic E-state index is 14.5. The quantitative estimate of drug-likeness (QED) is 0.220. The zero-order valence-corrected chi connectivity index (χ0v) is 29.9. The number of likely N-dealkylation sites (tertiary alicyclic amines) is 1. The first-order valence-corrected chi connectivity index (χ1v) is 18.0. The van der Waals surface area contributed by atoms with Crippen LogP contribution in [0.5, 0.6) is 11.6 Å². The van der Waals surface area contributed by atoms with Crippen molar-refractivity contribution in [3.05, 3.63) is 47.7 Å². The molecule has 0 radical (unpaired) electrons. The van der Waals surface area contributed by atoms with E-state index in [0.717, 1.165) is 36.9 Å². The number of aromatic nitrogens is 1. The maximum absolute atomic E-state index is 14.5. The van der Waals surface area contributed by atoms with Crippen LogP contribution < -0.4 is 14.4 Å². The third kappa shape index (κ3) is 10.7. The van der Waals surface area contributed by atoms with Crippen molar-refractivity contribution in [3.63, 3.8) is 0 Å². The number of methoxy groups -OCH3 is 1. The lowest BCUT2D eigenvalue weighted by atomic mass is 9.90. The highest BCUT2D eigenvalue weighted by Gasteiger charge is 2.38. The van der Waals surface area contributed by atoms with Crippen molar-refractivity contribution < 1.29 is 37.3 Å². The van der Waals surface area contributed by atoms with E-state index in [2.05, 4.69) is 9.88 Å². The van der Waals surface area contributed by atoms with Crippen molar-refractivity contribution in [1.29, 1.82) is 0 Å². The number of carbonyl (C=O) groups is 2. The maximum Gasteiger partial charge on any atom is 0.401 e. The van der Waals surface area contributed by atoms with Gasteiger partial charge in [0.1, 0.15) is 5.75 Å². The molecule has 276 valence electrons. The second kappa shape index (κ2) is 16.2. The van der Waals surface area contributed by atoms with Gasteiger partial charge in [0.05, 0.1) is 31.5 Å². The van der Waals surface area contributed by atoms with Crippen molar-refractivity contribution in [2.75, 3.05) is 57.9 Å². The molecule has 1 saturated carbocycles. The fourth-order valence-electron chi connectivity index (χ4n) is 7.53. The number of halogens is 3. The smallest absolute Gasteiger partial charge is 0.401 e. The average molecular weight is 703 g/mol. The Hall–Kier alpha value is -3.54. The zero-order chi connectivity index (χ0) is 36.1. The first-order chi connectivity index (χ1) is 23.7. The third-order valence-corrected chi connectivity index (χ3v) is 10.1. The predicted octanol–water partition coefficient (Wildman–Crippen LogP) is 7.26. The summed E-state index contributed by atoms with van der Waals surface area (Å²) in [7, 11) is 1.59. The Morgan fingerprint density at radius 3 is 2.42 bits per heavy atom. The topological polar surface area (TPSA) is 95.4 Å². The second-order valence-electron chi connectivity index (χ2n) is 15.6. The number of carboxylic acids is 1. The molecule has 9 nitrogen and oxygen atoms in total. The van der Waals surface area contributed by atoms with E-state index in [0.29, 0.717) is 75.2 Å². The number of carboxylic acid groups (broad SMARTS) is 1. The highest BCUT2D eigenvalue weighted by atomic mass is 19.4. The van der Waals surface area contributed by atoms with Crippen LogP contribution in [0.4, 0.5) is 18.9 Å². The molecule has 2 aliphatic heterocycles. The average Bonchev–Trinajstić information content (AvgIpc) is 3.91. The van der Waals surface area contributed by atoms with E-state index in [1.807, 2.05) is 43.9 Å². The molecule has 5 rings (SSSR count). The molecular weight excluding hydrogens is 649 g/mol. The first-order valence-electron chi connectivity index (χ1n) is 18.0. The fraction of sp³-hybridized carbons (Fsp3) is 0.658. The second-order valence-corrected chi connectivity index (χ2v) is 15.6. The van der Waals surface area contributed by atoms with Crippen molar-refractivity contribution in [2.45, 2.75) is 90.3 Å². The highest BCUT2D eigenvalue weighted by molar-refractivity contribution is 6.00. The van der Waals surface area contributed by atoms with Gasteiger partial charge in [-0.05, 0) is 98.4 Å². The van der Waals surface area contributed by atoms with Crippen LogP contribution in [-0.4, -0.2) is 97.0 Å². The van der Waals surface area contributed by atoms with Gasteiger partial charge in [-0.15, -0.1) is 0 Å². The molecule has 2 atom stereocenters. The summed E-state index contributed by atoms with van der Waals surface area (Å²) < 4.78 is 51.7. The van der Waals surface area contributed by atoms with Crippen LogP contribution in [0.1, 0.15) is 94.0 Å². The normalized spacial score (nSPS) is 20.0. The highest BCUT2D eigenvalue weighted by Crippen LogP contribution is 2.45. The summed E-state index contributed by atoms with van der Waals surface area (Å²) in [5.74, 6) is 1.26. The van der Waals surface area contributed by atoms with Crippen molar-refractivity contribution in [2.24, 2.45) is 17.3 Å². The van der Waals surface area contributed by atoms with Crippen LogP contribution in [0.2, 0.25) is 0 Å². The molecule has 1 N–H and O–H groups in total. The molecule has 0 bridgehead atoms. The standard InChI is InChI=1S/C38H53F3N4O5/c1-37(2,3)24-45(29-6-5-17-43(22-29)25-38(39,40)41)36(48)32-10-9-30(49-4)21-33(32)44-18-14-26(15-19-44)23-50-34-20-28(13-16-42-34)31(27-7-8-27)11-12-35(46)47/h9-10,13,16,20-21,26-27,29,31H,5-8,11-12,14-15,17-19,22-25H2,1-4H3,(H,46,47). The van der Waals surface area contributed by atoms with Gasteiger partial charge in [-0.2, -0.15) is 13.2 Å². The number of hydrogen-bond acceptors (Lipinski definition) is 7. The summed E-state index contributed by atoms with van der Waals surface area (Å²) in [6.07, 6.45) is 3.41. The molecule has 1 aromatic heterocycles. The molecule has 1 aromatic carbocycles. The zero-order valence-electron chi connectivity index (χ0n) is 29.9. The number of benzene rings is 1. The van der Waals surface area contributed by atoms with Crippen LogP contribution in [-0.2, 0) is 4.79 Å². The molecule has 50 heavy (non-hydrogen) atoms. The van der Waals surface area contributed by atoms with Crippen molar-refractivity contribution in [1.82, 2.24) is 14.8 Å². The minimum atomic E-state index is -4.29. The molecular formula is C38H53F3N4O5. The Bertz CT molecular complexity index is 1450. The molecule has 2 unspecified atom stereocenters. The third-order valence-electron chi connectivity index (χ3n) is 10.1. The van der Waals surface area contributed by atoms with Gasteiger partial charge in [0.2, 0.25) is 5.88 Å². The number of carbonyl (C=O) groups excluding carboxylic acids is 1. The lowest BCUT2D eigenvalue weighted by molar-refractivity contribution is -0.149. The van der Waals surface area contributed by atoms with Crippen molar-refractivity contribution in [3.8, 4) is 11.6 Å². The largest absolute Gasteiger partial charge is 0.497 e. The number of amides is 1. The number of aliphatic carboxylic acids is 1. The van der Waals surface area contributed by atoms with E-state index in [1.54, 1.807) is 25.4 Å². The Morgan fingerprint density at radius 1 is 1.04 bits per heavy atom. The van der Waals surface area contributed by atoms with E-state index < -0.39 is 18.7 Å². The minimum absolute atomic E-state index is 0.147.